The van der Waals surface area contributed by atoms with E-state index in [0.29, 0.717) is 44.2 Å². The number of ether oxygens (including phenoxy) is 1. The van der Waals surface area contributed by atoms with Gasteiger partial charge in [-0.05, 0) is 23.8 Å². The smallest absolute Gasteiger partial charge is 0.0865 e. The number of hydrogen-bond acceptors (Lipinski definition) is 4. The molecule has 3 N–H and O–H groups in total. The Bertz CT molecular complexity index is 433. The molecule has 0 aromatic heterocycles. The molecule has 0 saturated carbocycles. The van der Waals surface area contributed by atoms with Crippen LogP contribution in [0.4, 0.5) is 5.69 Å². The van der Waals surface area contributed by atoms with Crippen LogP contribution in [0.2, 0.25) is 5.02 Å². The molecule has 0 amide bonds. The summed E-state index contributed by atoms with van der Waals surface area (Å²) in [7, 11) is 1.97. The Morgan fingerprint density at radius 3 is 2.74 bits per heavy atom. The molecule has 19 heavy (non-hydrogen) atoms. The molecule has 0 spiro atoms. The monoisotopic (exact) mass is 284 g/mol. The number of hydrogen-bond donors (Lipinski definition) is 2. The van der Waals surface area contributed by atoms with Gasteiger partial charge in [-0.3, -0.25) is 0 Å². The van der Waals surface area contributed by atoms with E-state index >= 15 is 0 Å². The number of anilines is 1. The first-order valence-corrected chi connectivity index (χ1v) is 6.92. The van der Waals surface area contributed by atoms with E-state index in [4.69, 9.17) is 22.1 Å². The Kier molecular flexibility index (Phi) is 4.68. The van der Waals surface area contributed by atoms with E-state index < -0.39 is 5.60 Å². The van der Waals surface area contributed by atoms with Gasteiger partial charge in [-0.15, -0.1) is 0 Å². The molecule has 4 nitrogen and oxygen atoms in total. The Balaban J connectivity index is 2.12. The fourth-order valence-corrected chi connectivity index (χ4v) is 2.72. The summed E-state index contributed by atoms with van der Waals surface area (Å²) in [6.45, 7) is 2.25. The van der Waals surface area contributed by atoms with Gasteiger partial charge < -0.3 is 20.5 Å². The van der Waals surface area contributed by atoms with Gasteiger partial charge in [0.05, 0.1) is 5.60 Å². The molecular formula is C14H21ClN2O2. The first-order chi connectivity index (χ1) is 9.04. The fourth-order valence-electron chi connectivity index (χ4n) is 2.53. The summed E-state index contributed by atoms with van der Waals surface area (Å²) in [5, 5.41) is 11.2. The highest BCUT2D eigenvalue weighted by Gasteiger charge is 2.31. The van der Waals surface area contributed by atoms with Crippen LogP contribution in [0.5, 0.6) is 0 Å². The van der Waals surface area contributed by atoms with Crippen LogP contribution >= 0.6 is 11.6 Å². The van der Waals surface area contributed by atoms with Crippen molar-refractivity contribution in [2.75, 3.05) is 31.7 Å². The quantitative estimate of drug-likeness (QED) is 0.885. The minimum Gasteiger partial charge on any atom is -0.388 e. The average Bonchev–Trinajstić information content (AvgIpc) is 2.38. The van der Waals surface area contributed by atoms with Crippen molar-refractivity contribution in [3.05, 3.63) is 28.8 Å². The number of nitrogens with zero attached hydrogens (tertiary/aromatic N) is 1. The van der Waals surface area contributed by atoms with E-state index in [1.54, 1.807) is 0 Å². The lowest BCUT2D eigenvalue weighted by atomic mass is 9.93. The van der Waals surface area contributed by atoms with Crippen molar-refractivity contribution in [3.63, 3.8) is 0 Å². The fraction of sp³-hybridized carbons (Fsp3) is 0.571. The normalized spacial score (nSPS) is 18.3. The molecule has 1 aromatic carbocycles. The highest BCUT2D eigenvalue weighted by atomic mass is 35.5. The second-order valence-corrected chi connectivity index (χ2v) is 5.61. The molecule has 0 unspecified atom stereocenters. The lowest BCUT2D eigenvalue weighted by Crippen LogP contribution is -2.46. The highest BCUT2D eigenvalue weighted by molar-refractivity contribution is 6.30. The molecule has 0 bridgehead atoms. The van der Waals surface area contributed by atoms with Crippen LogP contribution < -0.4 is 10.6 Å². The molecule has 1 aromatic rings. The molecule has 0 radical (unpaired) electrons. The standard InChI is InChI=1S/C14H21ClN2O2/c1-17(10-14(18)4-6-19-7-5-14)13-3-2-12(15)8-11(13)9-16/h2-3,8,18H,4-7,9-10,16H2,1H3. The van der Waals surface area contributed by atoms with Gasteiger partial charge in [0.15, 0.2) is 0 Å². The third-order valence-corrected chi connectivity index (χ3v) is 3.86. The van der Waals surface area contributed by atoms with Crippen LogP contribution in [0.25, 0.3) is 0 Å². The number of rotatable bonds is 4. The number of aliphatic hydroxyl groups is 1. The van der Waals surface area contributed by atoms with Crippen molar-refractivity contribution in [2.24, 2.45) is 5.73 Å². The molecule has 1 fully saturated rings. The molecule has 2 rings (SSSR count). The zero-order chi connectivity index (χ0) is 13.9. The van der Waals surface area contributed by atoms with Crippen molar-refractivity contribution >= 4 is 17.3 Å². The topological polar surface area (TPSA) is 58.7 Å². The number of nitrogens with two attached hydrogens (primary N) is 1. The first-order valence-electron chi connectivity index (χ1n) is 6.54. The zero-order valence-electron chi connectivity index (χ0n) is 11.2. The van der Waals surface area contributed by atoms with Crippen LogP contribution in [0.1, 0.15) is 18.4 Å². The third-order valence-electron chi connectivity index (χ3n) is 3.63. The van der Waals surface area contributed by atoms with E-state index in [-0.39, 0.29) is 0 Å². The van der Waals surface area contributed by atoms with Gasteiger partial charge in [-0.25, -0.2) is 0 Å². The Labute approximate surface area is 119 Å². The summed E-state index contributed by atoms with van der Waals surface area (Å²) >= 11 is 5.98. The van der Waals surface area contributed by atoms with Crippen molar-refractivity contribution in [3.8, 4) is 0 Å². The second-order valence-electron chi connectivity index (χ2n) is 5.17. The molecule has 1 saturated heterocycles. The number of likely N-dealkylation sites (N-methyl/N-ethyl adjacent to an activating group) is 1. The molecule has 5 heteroatoms. The number of benzene rings is 1. The van der Waals surface area contributed by atoms with Gasteiger partial charge >= 0.3 is 0 Å². The first kappa shape index (κ1) is 14.6. The average molecular weight is 285 g/mol. The Morgan fingerprint density at radius 2 is 2.11 bits per heavy atom. The summed E-state index contributed by atoms with van der Waals surface area (Å²) in [6.07, 6.45) is 1.34. The van der Waals surface area contributed by atoms with E-state index in [1.165, 1.54) is 0 Å². The van der Waals surface area contributed by atoms with Crippen LogP contribution in [-0.2, 0) is 11.3 Å². The van der Waals surface area contributed by atoms with Gasteiger partial charge in [-0.1, -0.05) is 11.6 Å². The molecule has 1 aliphatic rings. The zero-order valence-corrected chi connectivity index (χ0v) is 12.0. The molecule has 1 heterocycles. The maximum atomic E-state index is 10.5. The van der Waals surface area contributed by atoms with Crippen LogP contribution in [0, 0.1) is 0 Å². The SMILES string of the molecule is CN(CC1(O)CCOCC1)c1ccc(Cl)cc1CN. The largest absolute Gasteiger partial charge is 0.388 e. The summed E-state index contributed by atoms with van der Waals surface area (Å²) in [4.78, 5) is 2.05. The van der Waals surface area contributed by atoms with Crippen LogP contribution in [0.15, 0.2) is 18.2 Å². The van der Waals surface area contributed by atoms with Crippen molar-refractivity contribution in [1.29, 1.82) is 0 Å². The molecule has 0 atom stereocenters. The van der Waals surface area contributed by atoms with Crippen LogP contribution in [-0.4, -0.2) is 37.5 Å². The van der Waals surface area contributed by atoms with Crippen molar-refractivity contribution in [1.82, 2.24) is 0 Å². The highest BCUT2D eigenvalue weighted by Crippen LogP contribution is 2.27. The lowest BCUT2D eigenvalue weighted by Gasteiger charge is -2.36. The lowest BCUT2D eigenvalue weighted by molar-refractivity contribution is -0.0572. The predicted octanol–water partition coefficient (Wildman–Crippen LogP) is 1.78. The van der Waals surface area contributed by atoms with Gasteiger partial charge in [-0.2, -0.15) is 0 Å². The molecule has 0 aliphatic carbocycles. The predicted molar refractivity (Wildman–Crippen MR) is 77.6 cm³/mol. The van der Waals surface area contributed by atoms with Gasteiger partial charge in [0, 0.05) is 56.9 Å². The third kappa shape index (κ3) is 3.60. The molecular weight excluding hydrogens is 264 g/mol. The summed E-state index contributed by atoms with van der Waals surface area (Å²) in [5.74, 6) is 0. The maximum Gasteiger partial charge on any atom is 0.0865 e. The van der Waals surface area contributed by atoms with E-state index in [2.05, 4.69) is 0 Å². The minimum atomic E-state index is -0.682. The molecule has 1 aliphatic heterocycles. The molecule has 106 valence electrons. The second kappa shape index (κ2) is 6.09. The maximum absolute atomic E-state index is 10.5. The summed E-state index contributed by atoms with van der Waals surface area (Å²) in [6, 6.07) is 5.68. The Hall–Kier alpha value is -0.810. The minimum absolute atomic E-state index is 0.432. The van der Waals surface area contributed by atoms with E-state index in [9.17, 15) is 5.11 Å². The number of halogens is 1. The van der Waals surface area contributed by atoms with Gasteiger partial charge in [0.1, 0.15) is 0 Å². The van der Waals surface area contributed by atoms with Gasteiger partial charge in [0.2, 0.25) is 0 Å². The van der Waals surface area contributed by atoms with E-state index in [1.807, 2.05) is 30.1 Å². The van der Waals surface area contributed by atoms with Crippen LogP contribution in [0.3, 0.4) is 0 Å². The van der Waals surface area contributed by atoms with E-state index in [0.717, 1.165) is 11.3 Å². The van der Waals surface area contributed by atoms with Gasteiger partial charge in [0.25, 0.3) is 0 Å². The van der Waals surface area contributed by atoms with Crippen molar-refractivity contribution < 1.29 is 9.84 Å². The van der Waals surface area contributed by atoms with Crippen molar-refractivity contribution in [2.45, 2.75) is 25.0 Å². The summed E-state index contributed by atoms with van der Waals surface area (Å²) < 4.78 is 5.30. The Morgan fingerprint density at radius 1 is 1.42 bits per heavy atom. The summed E-state index contributed by atoms with van der Waals surface area (Å²) in [5.41, 5.74) is 7.09.